The van der Waals surface area contributed by atoms with Crippen LogP contribution >= 0.6 is 19.0 Å². The summed E-state index contributed by atoms with van der Waals surface area (Å²) in [6.45, 7) is 0. The Hall–Kier alpha value is -1.80. The van der Waals surface area contributed by atoms with Crippen LogP contribution in [0.15, 0.2) is 101 Å². The van der Waals surface area contributed by atoms with E-state index in [1.54, 1.807) is 0 Å². The van der Waals surface area contributed by atoms with Crippen LogP contribution in [0.5, 0.6) is 0 Å². The second-order valence-corrected chi connectivity index (χ2v) is 9.89. The van der Waals surface area contributed by atoms with Gasteiger partial charge in [-0.1, -0.05) is 54.6 Å². The maximum Gasteiger partial charge on any atom is 0.214 e. The van der Waals surface area contributed by atoms with Crippen molar-refractivity contribution in [3.8, 4) is 6.07 Å². The molecule has 2 N–H and O–H groups in total. The largest absolute Gasteiger partial charge is 1.00 e. The second kappa shape index (κ2) is 9.94. The minimum atomic E-state index is -2.36. The number of benzene rings is 3. The summed E-state index contributed by atoms with van der Waals surface area (Å²) in [5, 5.41) is 14.8. The number of halogens is 1. The van der Waals surface area contributed by atoms with Crippen molar-refractivity contribution in [3.63, 3.8) is 0 Å². The van der Waals surface area contributed by atoms with Crippen LogP contribution in [0.2, 0.25) is 0 Å². The van der Waals surface area contributed by atoms with Crippen molar-refractivity contribution in [2.24, 2.45) is 5.73 Å². The SMILES string of the molecule is CSC(N)=C(C#N)[P+](c1ccccc1)(c1ccccc1)c1ccccc1.[I-]. The van der Waals surface area contributed by atoms with Crippen LogP contribution in [0.4, 0.5) is 0 Å². The molecule has 3 rings (SSSR count). The molecule has 3 aromatic rings. The predicted octanol–water partition coefficient (Wildman–Crippen LogP) is 0.999. The van der Waals surface area contributed by atoms with E-state index in [1.807, 2.05) is 60.9 Å². The molecule has 5 heteroatoms. The first-order valence-corrected chi connectivity index (χ1v) is 11.3. The van der Waals surface area contributed by atoms with Gasteiger partial charge in [-0.15, -0.1) is 11.8 Å². The van der Waals surface area contributed by atoms with Gasteiger partial charge in [0, 0.05) is 0 Å². The van der Waals surface area contributed by atoms with Gasteiger partial charge in [0.25, 0.3) is 0 Å². The lowest BCUT2D eigenvalue weighted by molar-refractivity contribution is -0.00000533. The molecule has 0 aliphatic heterocycles. The zero-order chi connectivity index (χ0) is 18.4. The van der Waals surface area contributed by atoms with E-state index < -0.39 is 7.26 Å². The first kappa shape index (κ1) is 21.5. The summed E-state index contributed by atoms with van der Waals surface area (Å²) in [7, 11) is -2.36. The predicted molar refractivity (Wildman–Crippen MR) is 115 cm³/mol. The highest BCUT2D eigenvalue weighted by atomic mass is 127. The lowest BCUT2D eigenvalue weighted by Crippen LogP contribution is -3.00. The van der Waals surface area contributed by atoms with Crippen LogP contribution in [0.1, 0.15) is 0 Å². The van der Waals surface area contributed by atoms with Crippen LogP contribution in [-0.2, 0) is 0 Å². The molecule has 136 valence electrons. The van der Waals surface area contributed by atoms with E-state index in [9.17, 15) is 5.26 Å². The highest BCUT2D eigenvalue weighted by molar-refractivity contribution is 8.04. The van der Waals surface area contributed by atoms with E-state index in [0.717, 1.165) is 15.9 Å². The van der Waals surface area contributed by atoms with Gasteiger partial charge in [0.05, 0.1) is 0 Å². The summed E-state index contributed by atoms with van der Waals surface area (Å²) in [6.07, 6.45) is 1.92. The number of thioether (sulfide) groups is 1. The third-order valence-corrected chi connectivity index (χ3v) is 9.35. The van der Waals surface area contributed by atoms with Gasteiger partial charge in [-0.3, -0.25) is 0 Å². The molecular weight excluding hydrogens is 482 g/mol. The molecule has 0 aromatic heterocycles. The highest BCUT2D eigenvalue weighted by Crippen LogP contribution is 2.63. The Morgan fingerprint density at radius 1 is 0.778 bits per heavy atom. The van der Waals surface area contributed by atoms with Gasteiger partial charge in [0.1, 0.15) is 27.0 Å². The van der Waals surface area contributed by atoms with Crippen molar-refractivity contribution in [3.05, 3.63) is 101 Å². The standard InChI is InChI=1S/C22H20N2PS.HI/c1-26-22(24)21(17-23)25(18-11-5-2-6-12-18,19-13-7-3-8-14-19)20-15-9-4-10-16-20;/h2-16H,24H2,1H3;1H/q+1;/p-1. The molecule has 2 nitrogen and oxygen atoms in total. The molecule has 0 spiro atoms. The maximum absolute atomic E-state index is 10.2. The molecule has 0 fully saturated rings. The van der Waals surface area contributed by atoms with Crippen molar-refractivity contribution in [2.75, 3.05) is 6.26 Å². The molecule has 0 heterocycles. The fourth-order valence-corrected chi connectivity index (χ4v) is 8.11. The Kier molecular flexibility index (Phi) is 7.91. The van der Waals surface area contributed by atoms with Gasteiger partial charge in [-0.05, 0) is 42.7 Å². The number of allylic oxidation sites excluding steroid dienone is 1. The number of rotatable bonds is 5. The molecule has 27 heavy (non-hydrogen) atoms. The molecule has 0 radical (unpaired) electrons. The van der Waals surface area contributed by atoms with E-state index in [4.69, 9.17) is 5.73 Å². The number of nitriles is 1. The summed E-state index contributed by atoms with van der Waals surface area (Å²) >= 11 is 1.43. The average Bonchev–Trinajstić information content (AvgIpc) is 2.73. The number of nitrogens with zero attached hydrogens (tertiary/aromatic N) is 1. The third-order valence-electron chi connectivity index (χ3n) is 4.33. The van der Waals surface area contributed by atoms with Crippen LogP contribution in [-0.4, -0.2) is 6.26 Å². The van der Waals surface area contributed by atoms with Crippen LogP contribution in [0, 0.1) is 11.3 Å². The Labute approximate surface area is 182 Å². The zero-order valence-corrected chi connectivity index (χ0v) is 18.8. The van der Waals surface area contributed by atoms with Crippen molar-refractivity contribution >= 4 is 34.9 Å². The van der Waals surface area contributed by atoms with E-state index >= 15 is 0 Å². The Bertz CT molecular complexity index is 842. The van der Waals surface area contributed by atoms with E-state index in [0.29, 0.717) is 10.3 Å². The molecule has 0 aliphatic carbocycles. The van der Waals surface area contributed by atoms with Crippen molar-refractivity contribution in [1.82, 2.24) is 0 Å². The van der Waals surface area contributed by atoms with Gasteiger partial charge in [0.15, 0.2) is 7.26 Å². The monoisotopic (exact) mass is 502 g/mol. The lowest BCUT2D eigenvalue weighted by Gasteiger charge is -2.27. The Balaban J connectivity index is 0.00000261. The number of hydrogen-bond donors (Lipinski definition) is 1. The van der Waals surface area contributed by atoms with E-state index in [1.165, 1.54) is 11.8 Å². The second-order valence-electron chi connectivity index (χ2n) is 5.71. The molecule has 0 saturated carbocycles. The van der Waals surface area contributed by atoms with E-state index in [-0.39, 0.29) is 24.0 Å². The summed E-state index contributed by atoms with van der Waals surface area (Å²) in [4.78, 5) is 0. The number of hydrogen-bond acceptors (Lipinski definition) is 3. The lowest BCUT2D eigenvalue weighted by atomic mass is 10.4. The van der Waals surface area contributed by atoms with Crippen molar-refractivity contribution in [2.45, 2.75) is 0 Å². The van der Waals surface area contributed by atoms with Gasteiger partial charge in [0.2, 0.25) is 5.31 Å². The summed E-state index contributed by atoms with van der Waals surface area (Å²) < 4.78 is 0. The number of nitrogens with two attached hydrogens (primary N) is 1. The molecule has 0 saturated heterocycles. The molecular formula is C22H20IN2PS. The third kappa shape index (κ3) is 4.06. The fourth-order valence-electron chi connectivity index (χ4n) is 3.18. The summed E-state index contributed by atoms with van der Waals surface area (Å²) in [5.74, 6) is 0. The Morgan fingerprint density at radius 2 is 1.11 bits per heavy atom. The first-order chi connectivity index (χ1) is 12.7. The zero-order valence-electron chi connectivity index (χ0n) is 14.9. The van der Waals surface area contributed by atoms with Gasteiger partial charge in [-0.25, -0.2) is 0 Å². The van der Waals surface area contributed by atoms with Crippen molar-refractivity contribution in [1.29, 1.82) is 5.26 Å². The minimum Gasteiger partial charge on any atom is -1.00 e. The molecule has 0 aliphatic rings. The molecule has 0 unspecified atom stereocenters. The van der Waals surface area contributed by atoms with Crippen LogP contribution < -0.4 is 45.6 Å². The molecule has 3 aromatic carbocycles. The minimum absolute atomic E-state index is 0. The summed E-state index contributed by atoms with van der Waals surface area (Å²) in [5.41, 5.74) is 6.37. The Morgan fingerprint density at radius 3 is 1.37 bits per heavy atom. The fraction of sp³-hybridized carbons (Fsp3) is 0.0455. The normalized spacial score (nSPS) is 11.7. The van der Waals surface area contributed by atoms with Crippen molar-refractivity contribution < 1.29 is 24.0 Å². The van der Waals surface area contributed by atoms with E-state index in [2.05, 4.69) is 42.5 Å². The molecule has 0 bridgehead atoms. The maximum atomic E-state index is 10.2. The average molecular weight is 502 g/mol. The molecule has 0 atom stereocenters. The summed E-state index contributed by atoms with van der Waals surface area (Å²) in [6, 6.07) is 33.3. The smallest absolute Gasteiger partial charge is 0.214 e. The van der Waals surface area contributed by atoms with Gasteiger partial charge in [-0.2, -0.15) is 5.26 Å². The van der Waals surface area contributed by atoms with Crippen LogP contribution in [0.3, 0.4) is 0 Å². The quantitative estimate of drug-likeness (QED) is 0.322. The van der Waals surface area contributed by atoms with Gasteiger partial charge >= 0.3 is 0 Å². The van der Waals surface area contributed by atoms with Crippen LogP contribution in [0.25, 0.3) is 0 Å². The highest BCUT2D eigenvalue weighted by Gasteiger charge is 2.51. The molecule has 0 amide bonds. The topological polar surface area (TPSA) is 49.8 Å². The first-order valence-electron chi connectivity index (χ1n) is 8.25. The van der Waals surface area contributed by atoms with Gasteiger partial charge < -0.3 is 29.7 Å².